The molecule has 0 aromatic carbocycles. The molecule has 23 heavy (non-hydrogen) atoms. The number of nitrogens with zero attached hydrogens (tertiary/aromatic N) is 1. The van der Waals surface area contributed by atoms with Gasteiger partial charge in [-0.2, -0.15) is 13.2 Å². The van der Waals surface area contributed by atoms with Crippen LogP contribution in [0.1, 0.15) is 31.2 Å². The first-order chi connectivity index (χ1) is 10.8. The van der Waals surface area contributed by atoms with Gasteiger partial charge in [-0.25, -0.2) is 0 Å². The number of amides is 1. The Hall–Kier alpha value is -1.83. The van der Waals surface area contributed by atoms with Crippen molar-refractivity contribution in [3.63, 3.8) is 0 Å². The molecule has 1 amide bonds. The summed E-state index contributed by atoms with van der Waals surface area (Å²) in [6.45, 7) is -0.475. The number of carbonyl (C=O) groups excluding carboxylic acids is 1. The summed E-state index contributed by atoms with van der Waals surface area (Å²) in [6.07, 6.45) is -0.377. The van der Waals surface area contributed by atoms with Crippen LogP contribution in [0.15, 0.2) is 23.1 Å². The van der Waals surface area contributed by atoms with E-state index >= 15 is 0 Å². The van der Waals surface area contributed by atoms with Crippen LogP contribution >= 0.6 is 0 Å². The number of halogens is 3. The number of aromatic nitrogens is 1. The molecule has 0 spiro atoms. The van der Waals surface area contributed by atoms with E-state index in [9.17, 15) is 27.9 Å². The first-order valence-electron chi connectivity index (χ1n) is 7.50. The van der Waals surface area contributed by atoms with E-state index in [2.05, 4.69) is 5.32 Å². The van der Waals surface area contributed by atoms with Gasteiger partial charge in [0.25, 0.3) is 5.56 Å². The molecule has 0 radical (unpaired) electrons. The molecule has 2 rings (SSSR count). The molecule has 0 saturated heterocycles. The highest BCUT2D eigenvalue weighted by molar-refractivity contribution is 5.75. The Morgan fingerprint density at radius 2 is 2.04 bits per heavy atom. The monoisotopic (exact) mass is 332 g/mol. The number of aliphatic hydroxyl groups is 1. The molecule has 1 fully saturated rings. The van der Waals surface area contributed by atoms with Gasteiger partial charge in [0.2, 0.25) is 5.91 Å². The SMILES string of the molecule is O=C(Cn1cccc(C(F)(F)F)c1=O)NCC(O)C1CCCC1. The highest BCUT2D eigenvalue weighted by Crippen LogP contribution is 2.27. The van der Waals surface area contributed by atoms with Gasteiger partial charge in [-0.1, -0.05) is 12.8 Å². The van der Waals surface area contributed by atoms with Gasteiger partial charge < -0.3 is 15.0 Å². The number of carbonyl (C=O) groups is 1. The molecular formula is C15H19F3N2O3. The Balaban J connectivity index is 1.94. The van der Waals surface area contributed by atoms with Gasteiger partial charge in [-0.05, 0) is 30.9 Å². The van der Waals surface area contributed by atoms with Crippen LogP contribution in [0.3, 0.4) is 0 Å². The van der Waals surface area contributed by atoms with Crippen LogP contribution in [0.4, 0.5) is 13.2 Å². The predicted octanol–water partition coefficient (Wildman–Crippen LogP) is 1.53. The van der Waals surface area contributed by atoms with Crippen LogP contribution in [0, 0.1) is 5.92 Å². The highest BCUT2D eigenvalue weighted by atomic mass is 19.4. The molecule has 5 nitrogen and oxygen atoms in total. The van der Waals surface area contributed by atoms with Crippen molar-refractivity contribution in [2.24, 2.45) is 5.92 Å². The van der Waals surface area contributed by atoms with Gasteiger partial charge >= 0.3 is 6.18 Å². The largest absolute Gasteiger partial charge is 0.421 e. The summed E-state index contributed by atoms with van der Waals surface area (Å²) in [5.41, 5.74) is -2.56. The zero-order chi connectivity index (χ0) is 17.0. The van der Waals surface area contributed by atoms with Crippen LogP contribution in [0.5, 0.6) is 0 Å². The Morgan fingerprint density at radius 1 is 1.39 bits per heavy atom. The number of pyridine rings is 1. The third-order valence-corrected chi connectivity index (χ3v) is 4.09. The van der Waals surface area contributed by atoms with Crippen molar-refractivity contribution >= 4 is 5.91 Å². The van der Waals surface area contributed by atoms with Crippen molar-refractivity contribution in [3.05, 3.63) is 34.2 Å². The quantitative estimate of drug-likeness (QED) is 0.859. The minimum Gasteiger partial charge on any atom is -0.391 e. The fraction of sp³-hybridized carbons (Fsp3) is 0.600. The van der Waals surface area contributed by atoms with Crippen molar-refractivity contribution in [3.8, 4) is 0 Å². The number of hydrogen-bond donors (Lipinski definition) is 2. The lowest BCUT2D eigenvalue weighted by molar-refractivity contribution is -0.139. The summed E-state index contributed by atoms with van der Waals surface area (Å²) in [5, 5.41) is 12.4. The van der Waals surface area contributed by atoms with Gasteiger partial charge in [-0.15, -0.1) is 0 Å². The molecule has 1 aliphatic rings. The summed E-state index contributed by atoms with van der Waals surface area (Å²) in [6, 6.07) is 1.76. The van der Waals surface area contributed by atoms with E-state index in [1.54, 1.807) is 0 Å². The fourth-order valence-electron chi connectivity index (χ4n) is 2.81. The van der Waals surface area contributed by atoms with E-state index in [4.69, 9.17) is 0 Å². The molecule has 1 unspecified atom stereocenters. The second-order valence-corrected chi connectivity index (χ2v) is 5.77. The number of alkyl halides is 3. The van der Waals surface area contributed by atoms with Crippen LogP contribution in [0.2, 0.25) is 0 Å². The van der Waals surface area contributed by atoms with Crippen LogP contribution in [-0.4, -0.2) is 28.2 Å². The van der Waals surface area contributed by atoms with Gasteiger partial charge in [0.05, 0.1) is 6.10 Å². The number of nitrogens with one attached hydrogen (secondary N) is 1. The third kappa shape index (κ3) is 4.57. The second kappa shape index (κ2) is 7.16. The lowest BCUT2D eigenvalue weighted by Crippen LogP contribution is -2.39. The molecule has 1 aliphatic carbocycles. The minimum atomic E-state index is -4.75. The molecule has 8 heteroatoms. The average molecular weight is 332 g/mol. The molecule has 1 heterocycles. The third-order valence-electron chi connectivity index (χ3n) is 4.09. The van der Waals surface area contributed by atoms with Crippen molar-refractivity contribution in [2.75, 3.05) is 6.54 Å². The van der Waals surface area contributed by atoms with E-state index < -0.39 is 35.9 Å². The first kappa shape index (κ1) is 17.5. The molecule has 1 saturated carbocycles. The summed E-state index contributed by atoms with van der Waals surface area (Å²) >= 11 is 0. The summed E-state index contributed by atoms with van der Waals surface area (Å²) in [4.78, 5) is 23.5. The van der Waals surface area contributed by atoms with E-state index in [0.717, 1.165) is 37.9 Å². The van der Waals surface area contributed by atoms with E-state index in [0.29, 0.717) is 10.6 Å². The number of aliphatic hydroxyl groups excluding tert-OH is 1. The molecule has 0 bridgehead atoms. The summed E-state index contributed by atoms with van der Waals surface area (Å²) in [7, 11) is 0. The van der Waals surface area contributed by atoms with Crippen molar-refractivity contribution in [2.45, 2.75) is 44.5 Å². The van der Waals surface area contributed by atoms with E-state index in [-0.39, 0.29) is 12.5 Å². The lowest BCUT2D eigenvalue weighted by atomic mass is 10.0. The van der Waals surface area contributed by atoms with Crippen molar-refractivity contribution in [1.29, 1.82) is 0 Å². The lowest BCUT2D eigenvalue weighted by Gasteiger charge is -2.18. The number of hydrogen-bond acceptors (Lipinski definition) is 3. The zero-order valence-corrected chi connectivity index (χ0v) is 12.5. The average Bonchev–Trinajstić information content (AvgIpc) is 3.00. The van der Waals surface area contributed by atoms with Crippen molar-refractivity contribution < 1.29 is 23.1 Å². The minimum absolute atomic E-state index is 0.0389. The maximum absolute atomic E-state index is 12.6. The Bertz CT molecular complexity index is 607. The predicted molar refractivity (Wildman–Crippen MR) is 76.7 cm³/mol. The van der Waals surface area contributed by atoms with Crippen LogP contribution in [0.25, 0.3) is 0 Å². The molecule has 0 aliphatic heterocycles. The van der Waals surface area contributed by atoms with Crippen LogP contribution < -0.4 is 10.9 Å². The molecular weight excluding hydrogens is 313 g/mol. The summed E-state index contributed by atoms with van der Waals surface area (Å²) < 4.78 is 38.6. The molecule has 128 valence electrons. The topological polar surface area (TPSA) is 71.3 Å². The maximum Gasteiger partial charge on any atom is 0.421 e. The Morgan fingerprint density at radius 3 is 2.65 bits per heavy atom. The Kier molecular flexibility index (Phi) is 5.46. The molecule has 1 atom stereocenters. The Labute approximate surface area is 131 Å². The van der Waals surface area contributed by atoms with Gasteiger partial charge in [-0.3, -0.25) is 9.59 Å². The normalized spacial score (nSPS) is 17.2. The van der Waals surface area contributed by atoms with Crippen LogP contribution in [-0.2, 0) is 17.5 Å². The number of rotatable bonds is 5. The van der Waals surface area contributed by atoms with E-state index in [1.165, 1.54) is 0 Å². The molecule has 1 aromatic rings. The first-order valence-corrected chi connectivity index (χ1v) is 7.50. The fourth-order valence-corrected chi connectivity index (χ4v) is 2.81. The van der Waals surface area contributed by atoms with E-state index in [1.807, 2.05) is 0 Å². The van der Waals surface area contributed by atoms with Gasteiger partial charge in [0.1, 0.15) is 12.1 Å². The van der Waals surface area contributed by atoms with Gasteiger partial charge in [0.15, 0.2) is 0 Å². The molecule has 2 N–H and O–H groups in total. The maximum atomic E-state index is 12.6. The van der Waals surface area contributed by atoms with Crippen molar-refractivity contribution in [1.82, 2.24) is 9.88 Å². The highest BCUT2D eigenvalue weighted by Gasteiger charge is 2.34. The van der Waals surface area contributed by atoms with Gasteiger partial charge in [0, 0.05) is 12.7 Å². The smallest absolute Gasteiger partial charge is 0.391 e. The summed E-state index contributed by atoms with van der Waals surface area (Å²) in [5.74, 6) is -0.463. The molecule has 1 aromatic heterocycles. The zero-order valence-electron chi connectivity index (χ0n) is 12.5. The standard InChI is InChI=1S/C15H19F3N2O3/c16-15(17,18)11-6-3-7-20(14(11)23)9-13(22)19-8-12(21)10-4-1-2-5-10/h3,6-7,10,12,21H,1-2,4-5,8-9H2,(H,19,22). The second-order valence-electron chi connectivity index (χ2n) is 5.77.